The molecule has 0 aliphatic rings. The Kier molecular flexibility index (Phi) is 9.53. The number of hydrogen-bond acceptors (Lipinski definition) is 3. The molecule has 0 aromatic rings. The van der Waals surface area contributed by atoms with E-state index in [1.807, 2.05) is 0 Å². The van der Waals surface area contributed by atoms with E-state index in [2.05, 4.69) is 4.74 Å². The number of carbonyl (C=O) groups is 2. The van der Waals surface area contributed by atoms with Gasteiger partial charge in [0, 0.05) is 0 Å². The standard InChI is InChI=1S/C5H8O3.K.H/c1-4(6)3-5(7)8-2;;/h3H2,1-2H3;;/q;+1;-1. The zero-order valence-corrected chi connectivity index (χ0v) is 9.05. The van der Waals surface area contributed by atoms with Crippen LogP contribution in [0.4, 0.5) is 0 Å². The number of hydrogen-bond donors (Lipinski definition) is 0. The van der Waals surface area contributed by atoms with Gasteiger partial charge in [0.15, 0.2) is 0 Å². The van der Waals surface area contributed by atoms with E-state index < -0.39 is 5.97 Å². The summed E-state index contributed by atoms with van der Waals surface area (Å²) in [5.74, 6) is -0.644. The predicted molar refractivity (Wildman–Crippen MR) is 28.4 cm³/mol. The molecular formula is C5H9KO3. The van der Waals surface area contributed by atoms with Crippen LogP contribution in [0.5, 0.6) is 0 Å². The molecule has 0 unspecified atom stereocenters. The van der Waals surface area contributed by atoms with Crippen molar-refractivity contribution in [3.63, 3.8) is 0 Å². The second-order valence-electron chi connectivity index (χ2n) is 1.45. The van der Waals surface area contributed by atoms with Crippen molar-refractivity contribution in [2.45, 2.75) is 13.3 Å². The van der Waals surface area contributed by atoms with Crippen molar-refractivity contribution in [1.82, 2.24) is 0 Å². The zero-order chi connectivity index (χ0) is 6.57. The molecule has 0 aliphatic carbocycles. The molecule has 0 aliphatic heterocycles. The molecule has 0 bridgehead atoms. The van der Waals surface area contributed by atoms with Crippen molar-refractivity contribution >= 4 is 11.8 Å². The van der Waals surface area contributed by atoms with Crippen molar-refractivity contribution in [1.29, 1.82) is 0 Å². The number of methoxy groups -OCH3 is 1. The smallest absolute Gasteiger partial charge is 1.00 e. The third kappa shape index (κ3) is 8.78. The molecule has 0 saturated carbocycles. The molecule has 4 heteroatoms. The summed E-state index contributed by atoms with van der Waals surface area (Å²) >= 11 is 0. The van der Waals surface area contributed by atoms with Crippen LogP contribution in [0.15, 0.2) is 0 Å². The Morgan fingerprint density at radius 3 is 2.11 bits per heavy atom. The van der Waals surface area contributed by atoms with Gasteiger partial charge in [0.1, 0.15) is 12.2 Å². The first-order valence-electron chi connectivity index (χ1n) is 2.23. The van der Waals surface area contributed by atoms with Crippen molar-refractivity contribution in [2.24, 2.45) is 0 Å². The first-order valence-corrected chi connectivity index (χ1v) is 2.23. The third-order valence-electron chi connectivity index (χ3n) is 0.621. The number of carbonyl (C=O) groups excluding carboxylic acids is 2. The van der Waals surface area contributed by atoms with E-state index in [1.165, 1.54) is 14.0 Å². The summed E-state index contributed by atoms with van der Waals surface area (Å²) in [6, 6.07) is 0. The normalized spacial score (nSPS) is 7.33. The fourth-order valence-electron chi connectivity index (χ4n) is 0.275. The van der Waals surface area contributed by atoms with Gasteiger partial charge in [-0.25, -0.2) is 0 Å². The van der Waals surface area contributed by atoms with Crippen LogP contribution in [0.25, 0.3) is 0 Å². The maximum absolute atomic E-state index is 10.2. The number of ketones is 1. The molecule has 0 radical (unpaired) electrons. The Morgan fingerprint density at radius 1 is 1.56 bits per heavy atom. The molecule has 0 atom stereocenters. The van der Waals surface area contributed by atoms with Gasteiger partial charge in [-0.1, -0.05) is 0 Å². The Morgan fingerprint density at radius 2 is 2.00 bits per heavy atom. The van der Waals surface area contributed by atoms with Crippen molar-refractivity contribution in [3.05, 3.63) is 0 Å². The summed E-state index contributed by atoms with van der Waals surface area (Å²) in [6.07, 6.45) is -0.115. The van der Waals surface area contributed by atoms with Crippen molar-refractivity contribution in [3.8, 4) is 0 Å². The number of esters is 1. The molecule has 0 spiro atoms. The minimum Gasteiger partial charge on any atom is -1.00 e. The van der Waals surface area contributed by atoms with Gasteiger partial charge in [0.25, 0.3) is 0 Å². The molecular weight excluding hydrogens is 147 g/mol. The molecule has 3 nitrogen and oxygen atoms in total. The Balaban J connectivity index is -0.000000245. The average molecular weight is 156 g/mol. The van der Waals surface area contributed by atoms with E-state index in [9.17, 15) is 9.59 Å². The number of rotatable bonds is 2. The Hall–Kier alpha value is 0.776. The van der Waals surface area contributed by atoms with Gasteiger partial charge in [-0.15, -0.1) is 0 Å². The molecule has 0 fully saturated rings. The molecule has 0 aromatic heterocycles. The average Bonchev–Trinajstić information content (AvgIpc) is 1.65. The van der Waals surface area contributed by atoms with E-state index in [4.69, 9.17) is 0 Å². The molecule has 0 saturated heterocycles. The first-order chi connectivity index (χ1) is 3.66. The minimum absolute atomic E-state index is 0. The molecule has 0 N–H and O–H groups in total. The van der Waals surface area contributed by atoms with Gasteiger partial charge in [0.05, 0.1) is 7.11 Å². The van der Waals surface area contributed by atoms with E-state index in [0.29, 0.717) is 0 Å². The Labute approximate surface area is 98.0 Å². The maximum Gasteiger partial charge on any atom is 1.00 e. The molecule has 0 aromatic carbocycles. The van der Waals surface area contributed by atoms with Crippen LogP contribution in [0.1, 0.15) is 14.8 Å². The predicted octanol–water partition coefficient (Wildman–Crippen LogP) is -2.74. The van der Waals surface area contributed by atoms with Crippen LogP contribution >= 0.6 is 0 Å². The van der Waals surface area contributed by atoms with Crippen LogP contribution < -0.4 is 51.4 Å². The van der Waals surface area contributed by atoms with E-state index in [-0.39, 0.29) is 65.0 Å². The fraction of sp³-hybridized carbons (Fsp3) is 0.600. The second kappa shape index (κ2) is 6.89. The second-order valence-corrected chi connectivity index (χ2v) is 1.45. The summed E-state index contributed by atoms with van der Waals surface area (Å²) < 4.78 is 4.20. The van der Waals surface area contributed by atoms with Gasteiger partial charge in [-0.2, -0.15) is 0 Å². The molecule has 0 rings (SSSR count). The molecule has 0 heterocycles. The van der Waals surface area contributed by atoms with Gasteiger partial charge < -0.3 is 6.16 Å². The van der Waals surface area contributed by atoms with Gasteiger partial charge >= 0.3 is 57.4 Å². The zero-order valence-electron chi connectivity index (χ0n) is 6.93. The van der Waals surface area contributed by atoms with Crippen LogP contribution in [0, 0.1) is 0 Å². The topological polar surface area (TPSA) is 43.4 Å². The van der Waals surface area contributed by atoms with Crippen LogP contribution in [0.3, 0.4) is 0 Å². The number of Topliss-reactive ketones (excluding diaryl/α,β-unsaturated/α-hetero) is 1. The third-order valence-corrected chi connectivity index (χ3v) is 0.621. The monoisotopic (exact) mass is 156 g/mol. The Bertz CT molecular complexity index is 115. The van der Waals surface area contributed by atoms with Crippen molar-refractivity contribution < 1.29 is 67.1 Å². The maximum atomic E-state index is 10.2. The summed E-state index contributed by atoms with van der Waals surface area (Å²) in [7, 11) is 1.26. The first kappa shape index (κ1) is 12.5. The molecule has 0 amide bonds. The number of ether oxygens (including phenoxy) is 1. The molecule has 48 valence electrons. The van der Waals surface area contributed by atoms with Crippen molar-refractivity contribution in [2.75, 3.05) is 7.11 Å². The van der Waals surface area contributed by atoms with E-state index in [0.717, 1.165) is 0 Å². The molecule has 9 heavy (non-hydrogen) atoms. The van der Waals surface area contributed by atoms with Gasteiger partial charge in [-0.05, 0) is 6.92 Å². The summed E-state index contributed by atoms with van der Waals surface area (Å²) in [6.45, 7) is 1.34. The van der Waals surface area contributed by atoms with Crippen LogP contribution in [-0.2, 0) is 14.3 Å². The van der Waals surface area contributed by atoms with E-state index >= 15 is 0 Å². The van der Waals surface area contributed by atoms with Gasteiger partial charge in [-0.3, -0.25) is 9.59 Å². The van der Waals surface area contributed by atoms with Gasteiger partial charge in [0.2, 0.25) is 0 Å². The van der Waals surface area contributed by atoms with Crippen LogP contribution in [0.2, 0.25) is 0 Å². The summed E-state index contributed by atoms with van der Waals surface area (Å²) in [5, 5.41) is 0. The summed E-state index contributed by atoms with van der Waals surface area (Å²) in [5.41, 5.74) is 0. The fourth-order valence-corrected chi connectivity index (χ4v) is 0.275. The van der Waals surface area contributed by atoms with E-state index in [1.54, 1.807) is 0 Å². The largest absolute Gasteiger partial charge is 1.00 e. The quantitative estimate of drug-likeness (QED) is 0.247. The SMILES string of the molecule is COC(=O)CC(C)=O.[H-].[K+]. The summed E-state index contributed by atoms with van der Waals surface area (Å²) in [4.78, 5) is 20.3. The minimum atomic E-state index is -0.475. The van der Waals surface area contributed by atoms with Crippen LogP contribution in [-0.4, -0.2) is 18.9 Å².